The van der Waals surface area contributed by atoms with E-state index in [0.29, 0.717) is 29.2 Å². The van der Waals surface area contributed by atoms with E-state index >= 15 is 0 Å². The van der Waals surface area contributed by atoms with Crippen molar-refractivity contribution in [3.63, 3.8) is 0 Å². The number of rotatable bonds is 5. The highest BCUT2D eigenvalue weighted by molar-refractivity contribution is 6.07. The van der Waals surface area contributed by atoms with Crippen LogP contribution in [0.15, 0.2) is 48.5 Å². The fraction of sp³-hybridized carbons (Fsp3) is 0.333. The van der Waals surface area contributed by atoms with E-state index in [1.165, 1.54) is 12.8 Å². The molecule has 0 bridgehead atoms. The molecule has 0 saturated carbocycles. The van der Waals surface area contributed by atoms with Gasteiger partial charge in [0.25, 0.3) is 5.91 Å². The number of para-hydroxylation sites is 1. The fourth-order valence-corrected chi connectivity index (χ4v) is 3.24. The maximum absolute atomic E-state index is 12.3. The van der Waals surface area contributed by atoms with Gasteiger partial charge in [0.1, 0.15) is 0 Å². The Hall–Kier alpha value is -2.86. The van der Waals surface area contributed by atoms with Crippen molar-refractivity contribution < 1.29 is 9.59 Å². The molecular formula is C21H26N4O2. The molecule has 0 spiro atoms. The lowest BCUT2D eigenvalue weighted by atomic mass is 10.1. The molecule has 3 rings (SSSR count). The Labute approximate surface area is 159 Å². The van der Waals surface area contributed by atoms with E-state index in [9.17, 15) is 9.59 Å². The second-order valence-corrected chi connectivity index (χ2v) is 6.86. The zero-order valence-electron chi connectivity index (χ0n) is 15.4. The predicted octanol–water partition coefficient (Wildman–Crippen LogP) is 3.34. The first-order chi connectivity index (χ1) is 13.1. The van der Waals surface area contributed by atoms with Crippen LogP contribution in [0.3, 0.4) is 0 Å². The summed E-state index contributed by atoms with van der Waals surface area (Å²) in [6.45, 7) is 2.40. The van der Waals surface area contributed by atoms with Crippen molar-refractivity contribution in [1.82, 2.24) is 4.90 Å². The predicted molar refractivity (Wildman–Crippen MR) is 109 cm³/mol. The number of nitrogen functional groups attached to an aromatic ring is 1. The third kappa shape index (κ3) is 5.56. The number of hydrogen-bond donors (Lipinski definition) is 3. The van der Waals surface area contributed by atoms with Crippen molar-refractivity contribution in [2.75, 3.05) is 36.0 Å². The van der Waals surface area contributed by atoms with E-state index in [4.69, 9.17) is 5.73 Å². The third-order valence-electron chi connectivity index (χ3n) is 4.70. The third-order valence-corrected chi connectivity index (χ3v) is 4.70. The zero-order chi connectivity index (χ0) is 19.1. The molecular weight excluding hydrogens is 340 g/mol. The van der Waals surface area contributed by atoms with Crippen molar-refractivity contribution in [1.29, 1.82) is 0 Å². The van der Waals surface area contributed by atoms with Crippen LogP contribution in [-0.2, 0) is 4.79 Å². The van der Waals surface area contributed by atoms with Gasteiger partial charge in [0.15, 0.2) is 0 Å². The Morgan fingerprint density at radius 1 is 0.852 bits per heavy atom. The molecule has 2 amide bonds. The van der Waals surface area contributed by atoms with Crippen molar-refractivity contribution in [2.45, 2.75) is 25.7 Å². The minimum absolute atomic E-state index is 0.00857. The number of anilines is 3. The fourth-order valence-electron chi connectivity index (χ4n) is 3.24. The molecule has 1 saturated heterocycles. The second-order valence-electron chi connectivity index (χ2n) is 6.86. The first-order valence-electron chi connectivity index (χ1n) is 9.40. The Kier molecular flexibility index (Phi) is 6.44. The van der Waals surface area contributed by atoms with E-state index in [1.54, 1.807) is 48.5 Å². The minimum Gasteiger partial charge on any atom is -0.398 e. The summed E-state index contributed by atoms with van der Waals surface area (Å²) in [7, 11) is 0. The Bertz CT molecular complexity index is 781. The van der Waals surface area contributed by atoms with Crippen molar-refractivity contribution in [2.24, 2.45) is 0 Å². The lowest BCUT2D eigenvalue weighted by Crippen LogP contribution is -2.33. The first kappa shape index (κ1) is 18.9. The van der Waals surface area contributed by atoms with Crippen LogP contribution in [0.2, 0.25) is 0 Å². The van der Waals surface area contributed by atoms with Crippen LogP contribution in [-0.4, -0.2) is 36.3 Å². The number of amides is 2. The molecule has 0 unspecified atom stereocenters. The molecule has 1 aliphatic heterocycles. The van der Waals surface area contributed by atoms with E-state index in [1.807, 2.05) is 0 Å². The summed E-state index contributed by atoms with van der Waals surface area (Å²) < 4.78 is 0. The SMILES string of the molecule is Nc1ccccc1C(=O)Nc1ccc(NC(=O)CN2CCCCCC2)cc1. The number of nitrogens with two attached hydrogens (primary N) is 1. The van der Waals surface area contributed by atoms with Crippen LogP contribution in [0, 0.1) is 0 Å². The highest BCUT2D eigenvalue weighted by Gasteiger charge is 2.13. The van der Waals surface area contributed by atoms with Gasteiger partial charge in [0, 0.05) is 17.1 Å². The van der Waals surface area contributed by atoms with E-state index in [0.717, 1.165) is 25.9 Å². The summed E-state index contributed by atoms with van der Waals surface area (Å²) in [6.07, 6.45) is 4.82. The van der Waals surface area contributed by atoms with Crippen molar-refractivity contribution in [3.8, 4) is 0 Å². The van der Waals surface area contributed by atoms with Crippen molar-refractivity contribution >= 4 is 28.9 Å². The average Bonchev–Trinajstić information content (AvgIpc) is 2.92. The minimum atomic E-state index is -0.258. The summed E-state index contributed by atoms with van der Waals surface area (Å²) >= 11 is 0. The molecule has 4 N–H and O–H groups in total. The Balaban J connectivity index is 1.53. The number of hydrogen-bond acceptors (Lipinski definition) is 4. The zero-order valence-corrected chi connectivity index (χ0v) is 15.4. The Morgan fingerprint density at radius 3 is 2.07 bits per heavy atom. The molecule has 1 fully saturated rings. The highest BCUT2D eigenvalue weighted by Crippen LogP contribution is 2.17. The van der Waals surface area contributed by atoms with E-state index < -0.39 is 0 Å². The highest BCUT2D eigenvalue weighted by atomic mass is 16.2. The van der Waals surface area contributed by atoms with Gasteiger partial charge >= 0.3 is 0 Å². The molecule has 142 valence electrons. The lowest BCUT2D eigenvalue weighted by molar-refractivity contribution is -0.117. The van der Waals surface area contributed by atoms with Gasteiger partial charge in [-0.2, -0.15) is 0 Å². The largest absolute Gasteiger partial charge is 0.398 e. The summed E-state index contributed by atoms with van der Waals surface area (Å²) in [5.41, 5.74) is 8.06. The van der Waals surface area contributed by atoms with Gasteiger partial charge in [-0.3, -0.25) is 14.5 Å². The van der Waals surface area contributed by atoms with Gasteiger partial charge in [-0.25, -0.2) is 0 Å². The molecule has 6 heteroatoms. The molecule has 0 aromatic heterocycles. The van der Waals surface area contributed by atoms with Crippen LogP contribution >= 0.6 is 0 Å². The summed E-state index contributed by atoms with van der Waals surface area (Å²) in [6, 6.07) is 14.0. The summed E-state index contributed by atoms with van der Waals surface area (Å²) in [5, 5.41) is 5.73. The Morgan fingerprint density at radius 2 is 1.44 bits per heavy atom. The molecule has 0 radical (unpaired) electrons. The maximum atomic E-state index is 12.3. The standard InChI is InChI=1S/C21H26N4O2/c22-19-8-4-3-7-18(19)21(27)24-17-11-9-16(10-12-17)23-20(26)15-25-13-5-1-2-6-14-25/h3-4,7-12H,1-2,5-6,13-15,22H2,(H,23,26)(H,24,27). The van der Waals surface area contributed by atoms with Gasteiger partial charge in [0.2, 0.25) is 5.91 Å². The molecule has 0 aliphatic carbocycles. The number of carbonyl (C=O) groups excluding carboxylic acids is 2. The molecule has 1 aliphatic rings. The number of benzene rings is 2. The topological polar surface area (TPSA) is 87.5 Å². The van der Waals surface area contributed by atoms with Crippen molar-refractivity contribution in [3.05, 3.63) is 54.1 Å². The van der Waals surface area contributed by atoms with E-state index in [-0.39, 0.29) is 11.8 Å². The van der Waals surface area contributed by atoms with E-state index in [2.05, 4.69) is 15.5 Å². The smallest absolute Gasteiger partial charge is 0.257 e. The first-order valence-corrected chi connectivity index (χ1v) is 9.40. The van der Waals surface area contributed by atoms with Crippen LogP contribution in [0.1, 0.15) is 36.0 Å². The van der Waals surface area contributed by atoms with Crippen LogP contribution in [0.25, 0.3) is 0 Å². The second kappa shape index (κ2) is 9.19. The number of nitrogens with one attached hydrogen (secondary N) is 2. The number of carbonyl (C=O) groups is 2. The lowest BCUT2D eigenvalue weighted by Gasteiger charge is -2.19. The van der Waals surface area contributed by atoms with Crippen LogP contribution in [0.4, 0.5) is 17.1 Å². The monoisotopic (exact) mass is 366 g/mol. The summed E-state index contributed by atoms with van der Waals surface area (Å²) in [5.74, 6) is -0.267. The maximum Gasteiger partial charge on any atom is 0.257 e. The van der Waals surface area contributed by atoms with Gasteiger partial charge in [-0.05, 0) is 62.3 Å². The molecule has 6 nitrogen and oxygen atoms in total. The van der Waals surface area contributed by atoms with Gasteiger partial charge in [0.05, 0.1) is 12.1 Å². The van der Waals surface area contributed by atoms with Gasteiger partial charge in [-0.15, -0.1) is 0 Å². The number of likely N-dealkylation sites (tertiary alicyclic amines) is 1. The number of nitrogens with zero attached hydrogens (tertiary/aromatic N) is 1. The van der Waals surface area contributed by atoms with Crippen LogP contribution in [0.5, 0.6) is 0 Å². The molecule has 27 heavy (non-hydrogen) atoms. The molecule has 0 atom stereocenters. The normalized spacial score (nSPS) is 15.0. The average molecular weight is 366 g/mol. The molecule has 2 aromatic carbocycles. The van der Waals surface area contributed by atoms with Gasteiger partial charge < -0.3 is 16.4 Å². The molecule has 2 aromatic rings. The summed E-state index contributed by atoms with van der Waals surface area (Å²) in [4.78, 5) is 26.7. The quantitative estimate of drug-likeness (QED) is 0.708. The molecule has 1 heterocycles. The van der Waals surface area contributed by atoms with Crippen LogP contribution < -0.4 is 16.4 Å². The van der Waals surface area contributed by atoms with Gasteiger partial charge in [-0.1, -0.05) is 25.0 Å².